The molecule has 0 fully saturated rings. The Kier molecular flexibility index (Phi) is 3.05. The second kappa shape index (κ2) is 4.63. The molecule has 1 atom stereocenters. The topological polar surface area (TPSA) is 50.3 Å². The SMILES string of the molecule is [B]c1cnc2c(c1)C(C)CN2S(=O)(=O)c1ccccc1. The van der Waals surface area contributed by atoms with Crippen molar-refractivity contribution < 1.29 is 8.42 Å². The Morgan fingerprint density at radius 3 is 2.70 bits per heavy atom. The molecule has 1 unspecified atom stereocenters. The number of pyridine rings is 1. The van der Waals surface area contributed by atoms with E-state index in [-0.39, 0.29) is 10.8 Å². The van der Waals surface area contributed by atoms with Gasteiger partial charge in [0.15, 0.2) is 0 Å². The van der Waals surface area contributed by atoms with E-state index in [1.54, 1.807) is 36.4 Å². The van der Waals surface area contributed by atoms with Crippen molar-refractivity contribution in [2.24, 2.45) is 0 Å². The van der Waals surface area contributed by atoms with Crippen LogP contribution in [0.4, 0.5) is 5.82 Å². The van der Waals surface area contributed by atoms with Gasteiger partial charge < -0.3 is 0 Å². The average Bonchev–Trinajstić information content (AvgIpc) is 2.77. The summed E-state index contributed by atoms with van der Waals surface area (Å²) in [6, 6.07) is 10.2. The molecule has 0 N–H and O–H groups in total. The molecule has 20 heavy (non-hydrogen) atoms. The predicted octanol–water partition coefficient (Wildman–Crippen LogP) is 1.19. The summed E-state index contributed by atoms with van der Waals surface area (Å²) >= 11 is 0. The van der Waals surface area contributed by atoms with E-state index in [1.165, 1.54) is 10.5 Å². The van der Waals surface area contributed by atoms with Crippen LogP contribution in [0, 0.1) is 0 Å². The first-order valence-corrected chi connectivity index (χ1v) is 7.77. The monoisotopic (exact) mass is 284 g/mol. The molecular weight excluding hydrogens is 271 g/mol. The maximum Gasteiger partial charge on any atom is 0.265 e. The van der Waals surface area contributed by atoms with Gasteiger partial charge in [-0.1, -0.05) is 36.7 Å². The van der Waals surface area contributed by atoms with E-state index in [1.807, 2.05) is 6.92 Å². The van der Waals surface area contributed by atoms with Gasteiger partial charge in [-0.15, -0.1) is 0 Å². The summed E-state index contributed by atoms with van der Waals surface area (Å²) in [5.74, 6) is 0.565. The number of rotatable bonds is 2. The highest BCUT2D eigenvalue weighted by Gasteiger charge is 2.35. The molecule has 2 heterocycles. The highest BCUT2D eigenvalue weighted by molar-refractivity contribution is 7.92. The number of benzene rings is 1. The number of sulfonamides is 1. The van der Waals surface area contributed by atoms with Crippen molar-refractivity contribution in [3.05, 3.63) is 48.2 Å². The molecule has 3 rings (SSSR count). The number of nitrogens with zero attached hydrogens (tertiary/aromatic N) is 2. The van der Waals surface area contributed by atoms with Crippen LogP contribution in [-0.2, 0) is 10.0 Å². The third-order valence-corrected chi connectivity index (χ3v) is 5.22. The summed E-state index contributed by atoms with van der Waals surface area (Å²) < 4.78 is 26.7. The first-order chi connectivity index (χ1) is 9.50. The van der Waals surface area contributed by atoms with Gasteiger partial charge in [-0.2, -0.15) is 0 Å². The first kappa shape index (κ1) is 13.2. The lowest BCUT2D eigenvalue weighted by Crippen LogP contribution is -2.30. The summed E-state index contributed by atoms with van der Waals surface area (Å²) in [4.78, 5) is 4.48. The van der Waals surface area contributed by atoms with Crippen LogP contribution in [0.15, 0.2) is 47.5 Å². The van der Waals surface area contributed by atoms with Gasteiger partial charge >= 0.3 is 0 Å². The van der Waals surface area contributed by atoms with Crippen LogP contribution in [0.2, 0.25) is 0 Å². The molecule has 6 heteroatoms. The first-order valence-electron chi connectivity index (χ1n) is 6.33. The molecule has 1 aromatic carbocycles. The lowest BCUT2D eigenvalue weighted by molar-refractivity contribution is 0.590. The Morgan fingerprint density at radius 2 is 2.00 bits per heavy atom. The predicted molar refractivity (Wildman–Crippen MR) is 79.0 cm³/mol. The second-order valence-electron chi connectivity index (χ2n) is 4.93. The zero-order valence-corrected chi connectivity index (χ0v) is 11.8. The molecule has 100 valence electrons. The molecule has 2 aromatic rings. The highest BCUT2D eigenvalue weighted by Crippen LogP contribution is 2.36. The minimum atomic E-state index is -3.57. The molecule has 0 aliphatic carbocycles. The molecule has 2 radical (unpaired) electrons. The summed E-state index contributed by atoms with van der Waals surface area (Å²) in [7, 11) is 2.16. The normalized spacial score (nSPS) is 18.1. The third kappa shape index (κ3) is 2.00. The molecule has 0 saturated carbocycles. The summed E-state index contributed by atoms with van der Waals surface area (Å²) in [6.07, 6.45) is 1.49. The van der Waals surface area contributed by atoms with Crippen LogP contribution in [-0.4, -0.2) is 27.8 Å². The van der Waals surface area contributed by atoms with Crippen molar-refractivity contribution in [2.45, 2.75) is 17.7 Å². The summed E-state index contributed by atoms with van der Waals surface area (Å²) in [5.41, 5.74) is 1.43. The molecule has 0 saturated heterocycles. The summed E-state index contributed by atoms with van der Waals surface area (Å²) in [6.45, 7) is 2.36. The lowest BCUT2D eigenvalue weighted by atomic mass is 9.94. The Hall–Kier alpha value is -1.82. The summed E-state index contributed by atoms with van der Waals surface area (Å²) in [5, 5.41) is 0. The van der Waals surface area contributed by atoms with E-state index >= 15 is 0 Å². The number of fused-ring (bicyclic) bond motifs is 1. The van der Waals surface area contributed by atoms with Crippen molar-refractivity contribution in [3.8, 4) is 0 Å². The minimum absolute atomic E-state index is 0.0829. The zero-order valence-electron chi connectivity index (χ0n) is 11.0. The van der Waals surface area contributed by atoms with E-state index in [0.29, 0.717) is 17.8 Å². The van der Waals surface area contributed by atoms with Crippen LogP contribution in [0.5, 0.6) is 0 Å². The van der Waals surface area contributed by atoms with Gasteiger partial charge in [-0.05, 0) is 17.7 Å². The lowest BCUT2D eigenvalue weighted by Gasteiger charge is -2.18. The van der Waals surface area contributed by atoms with Crippen LogP contribution >= 0.6 is 0 Å². The van der Waals surface area contributed by atoms with Gasteiger partial charge in [0.2, 0.25) is 0 Å². The van der Waals surface area contributed by atoms with Gasteiger partial charge in [0.1, 0.15) is 13.7 Å². The quantitative estimate of drug-likeness (QED) is 0.778. The molecule has 0 bridgehead atoms. The van der Waals surface area contributed by atoms with Crippen LogP contribution in [0.25, 0.3) is 0 Å². The Bertz CT molecular complexity index is 747. The average molecular weight is 284 g/mol. The van der Waals surface area contributed by atoms with Crippen molar-refractivity contribution in [1.29, 1.82) is 0 Å². The van der Waals surface area contributed by atoms with Crippen molar-refractivity contribution >= 4 is 29.2 Å². The van der Waals surface area contributed by atoms with Gasteiger partial charge in [0.25, 0.3) is 10.0 Å². The standard InChI is InChI=1S/C14H13BN2O2S/c1-10-9-17(14-13(10)7-11(15)8-16-14)20(18,19)12-5-3-2-4-6-12/h2-8,10H,9H2,1H3. The van der Waals surface area contributed by atoms with Crippen molar-refractivity contribution in [3.63, 3.8) is 0 Å². The van der Waals surface area contributed by atoms with E-state index < -0.39 is 10.0 Å². The molecule has 4 nitrogen and oxygen atoms in total. The van der Waals surface area contributed by atoms with Crippen LogP contribution in [0.3, 0.4) is 0 Å². The second-order valence-corrected chi connectivity index (χ2v) is 6.79. The van der Waals surface area contributed by atoms with E-state index in [0.717, 1.165) is 5.56 Å². The maximum atomic E-state index is 12.7. The number of aromatic nitrogens is 1. The van der Waals surface area contributed by atoms with E-state index in [4.69, 9.17) is 7.85 Å². The fraction of sp³-hybridized carbons (Fsp3) is 0.214. The largest absolute Gasteiger partial charge is 0.265 e. The Morgan fingerprint density at radius 1 is 1.30 bits per heavy atom. The van der Waals surface area contributed by atoms with Crippen LogP contribution < -0.4 is 9.77 Å². The zero-order chi connectivity index (χ0) is 14.3. The van der Waals surface area contributed by atoms with Gasteiger partial charge in [-0.25, -0.2) is 17.7 Å². The van der Waals surface area contributed by atoms with Crippen molar-refractivity contribution in [2.75, 3.05) is 10.8 Å². The fourth-order valence-electron chi connectivity index (χ4n) is 2.43. The molecule has 0 amide bonds. The van der Waals surface area contributed by atoms with Gasteiger partial charge in [0, 0.05) is 18.7 Å². The number of anilines is 1. The third-order valence-electron chi connectivity index (χ3n) is 3.45. The molecule has 0 spiro atoms. The van der Waals surface area contributed by atoms with Gasteiger partial charge in [-0.3, -0.25) is 0 Å². The number of hydrogen-bond donors (Lipinski definition) is 0. The van der Waals surface area contributed by atoms with Crippen molar-refractivity contribution in [1.82, 2.24) is 4.98 Å². The molecule has 1 aromatic heterocycles. The Labute approximate surface area is 119 Å². The minimum Gasteiger partial charge on any atom is -0.249 e. The molecular formula is C14H13BN2O2S. The molecule has 1 aliphatic heterocycles. The van der Waals surface area contributed by atoms with E-state index in [9.17, 15) is 8.42 Å². The van der Waals surface area contributed by atoms with E-state index in [2.05, 4.69) is 4.98 Å². The van der Waals surface area contributed by atoms with Gasteiger partial charge in [0.05, 0.1) is 4.90 Å². The Balaban J connectivity index is 2.10. The molecule has 1 aliphatic rings. The fourth-order valence-corrected chi connectivity index (χ4v) is 3.98. The maximum absolute atomic E-state index is 12.7. The van der Waals surface area contributed by atoms with Crippen LogP contribution in [0.1, 0.15) is 18.4 Å². The highest BCUT2D eigenvalue weighted by atomic mass is 32.2. The number of hydrogen-bond acceptors (Lipinski definition) is 3. The smallest absolute Gasteiger partial charge is 0.249 e.